The van der Waals surface area contributed by atoms with Gasteiger partial charge in [0.15, 0.2) is 0 Å². The minimum Gasteiger partial charge on any atom is -0.387 e. The van der Waals surface area contributed by atoms with Crippen LogP contribution in [0.4, 0.5) is 0 Å². The average Bonchev–Trinajstić information content (AvgIpc) is 3.35. The quantitative estimate of drug-likeness (QED) is 0.404. The van der Waals surface area contributed by atoms with Crippen LogP contribution in [-0.2, 0) is 6.54 Å². The molecule has 0 amide bonds. The molecule has 0 fully saturated rings. The van der Waals surface area contributed by atoms with E-state index in [9.17, 15) is 5.11 Å². The zero-order valence-corrected chi connectivity index (χ0v) is 17.0. The lowest BCUT2D eigenvalue weighted by Crippen LogP contribution is -2.38. The highest BCUT2D eigenvalue weighted by Crippen LogP contribution is 2.40. The molecule has 3 aromatic carbocycles. The molecule has 0 radical (unpaired) electrons. The number of benzene rings is 3. The summed E-state index contributed by atoms with van der Waals surface area (Å²) in [6.45, 7) is 2.38. The van der Waals surface area contributed by atoms with Gasteiger partial charge in [0.05, 0.1) is 18.5 Å². The van der Waals surface area contributed by atoms with Gasteiger partial charge < -0.3 is 9.67 Å². The van der Waals surface area contributed by atoms with E-state index in [-0.39, 0.29) is 5.92 Å². The van der Waals surface area contributed by atoms with Crippen molar-refractivity contribution in [1.29, 1.82) is 0 Å². The summed E-state index contributed by atoms with van der Waals surface area (Å²) in [4.78, 5) is 4.13. The summed E-state index contributed by atoms with van der Waals surface area (Å²) in [5.41, 5.74) is 1.25. The smallest absolute Gasteiger partial charge is 0.0946 e. The number of nitrogens with zero attached hydrogens (tertiary/aromatic N) is 2. The Hall–Kier alpha value is -2.95. The molecule has 0 saturated heterocycles. The largest absolute Gasteiger partial charge is 0.387 e. The lowest BCUT2D eigenvalue weighted by atomic mass is 9.78. The van der Waals surface area contributed by atoms with E-state index in [0.717, 1.165) is 11.1 Å². The Morgan fingerprint density at radius 2 is 1.69 bits per heavy atom. The van der Waals surface area contributed by atoms with Gasteiger partial charge in [-0.1, -0.05) is 54.6 Å². The minimum absolute atomic E-state index is 0.158. The van der Waals surface area contributed by atoms with Crippen LogP contribution in [0.25, 0.3) is 20.2 Å². The Kier molecular flexibility index (Phi) is 4.46. The number of fused-ring (bicyclic) bond motifs is 3. The van der Waals surface area contributed by atoms with Crippen molar-refractivity contribution in [2.45, 2.75) is 25.0 Å². The minimum atomic E-state index is -0.985. The number of thiophene rings is 1. The van der Waals surface area contributed by atoms with Gasteiger partial charge in [0, 0.05) is 38.5 Å². The molecule has 2 atom stereocenters. The maximum absolute atomic E-state index is 11.6. The zero-order valence-electron chi connectivity index (χ0n) is 16.2. The maximum atomic E-state index is 11.6. The highest BCUT2D eigenvalue weighted by Gasteiger charge is 2.35. The van der Waals surface area contributed by atoms with Crippen LogP contribution in [0.3, 0.4) is 0 Å². The second-order valence-electron chi connectivity index (χ2n) is 7.79. The molecule has 1 N–H and O–H groups in total. The normalized spacial score (nSPS) is 14.8. The molecule has 2 unspecified atom stereocenters. The molecule has 144 valence electrons. The van der Waals surface area contributed by atoms with Gasteiger partial charge in [-0.05, 0) is 36.2 Å². The summed E-state index contributed by atoms with van der Waals surface area (Å²) in [6, 6.07) is 25.4. The molecule has 5 rings (SSSR count). The van der Waals surface area contributed by atoms with Crippen LogP contribution >= 0.6 is 11.3 Å². The van der Waals surface area contributed by atoms with Gasteiger partial charge in [-0.3, -0.25) is 0 Å². The van der Waals surface area contributed by atoms with Crippen molar-refractivity contribution in [2.75, 3.05) is 0 Å². The summed E-state index contributed by atoms with van der Waals surface area (Å²) < 4.78 is 4.51. The fourth-order valence-electron chi connectivity index (χ4n) is 4.32. The summed E-state index contributed by atoms with van der Waals surface area (Å²) in [7, 11) is 0. The number of aromatic nitrogens is 2. The Bertz CT molecular complexity index is 1260. The van der Waals surface area contributed by atoms with E-state index in [1.54, 1.807) is 12.5 Å². The van der Waals surface area contributed by atoms with Gasteiger partial charge >= 0.3 is 0 Å². The van der Waals surface area contributed by atoms with Crippen LogP contribution in [0.5, 0.6) is 0 Å². The first-order valence-corrected chi connectivity index (χ1v) is 10.6. The second kappa shape index (κ2) is 7.14. The summed E-state index contributed by atoms with van der Waals surface area (Å²) in [5.74, 6) is -0.158. The zero-order chi connectivity index (χ0) is 19.8. The molecule has 3 nitrogen and oxygen atoms in total. The molecule has 29 heavy (non-hydrogen) atoms. The first kappa shape index (κ1) is 18.1. The highest BCUT2D eigenvalue weighted by molar-refractivity contribution is 7.25. The van der Waals surface area contributed by atoms with Crippen LogP contribution in [0.15, 0.2) is 91.5 Å². The molecule has 2 heterocycles. The molecule has 0 bridgehead atoms. The molecule has 4 heteroatoms. The molecule has 0 aliphatic rings. The highest BCUT2D eigenvalue weighted by atomic mass is 32.1. The number of hydrogen-bond acceptors (Lipinski definition) is 3. The van der Waals surface area contributed by atoms with Crippen molar-refractivity contribution in [3.8, 4) is 0 Å². The van der Waals surface area contributed by atoms with Crippen molar-refractivity contribution in [3.63, 3.8) is 0 Å². The summed E-state index contributed by atoms with van der Waals surface area (Å²) in [6.07, 6.45) is 5.40. The molecule has 0 saturated carbocycles. The van der Waals surface area contributed by atoms with Crippen molar-refractivity contribution < 1.29 is 5.11 Å². The van der Waals surface area contributed by atoms with Crippen molar-refractivity contribution in [2.24, 2.45) is 0 Å². The van der Waals surface area contributed by atoms with Crippen molar-refractivity contribution in [3.05, 3.63) is 103 Å². The van der Waals surface area contributed by atoms with E-state index in [1.807, 2.05) is 47.2 Å². The third kappa shape index (κ3) is 3.35. The molecule has 5 aromatic rings. The van der Waals surface area contributed by atoms with E-state index in [1.165, 1.54) is 20.2 Å². The standard InChI is InChI=1S/C25H22N2OS/c1-25(28,16-27-14-13-26-17-27)24(18-7-3-2-4-8-18)19-11-12-23-21(15-19)20-9-5-6-10-22(20)29-23/h2-15,17,24,28H,16H2,1H3. The maximum Gasteiger partial charge on any atom is 0.0946 e. The monoisotopic (exact) mass is 398 g/mol. The van der Waals surface area contributed by atoms with Gasteiger partial charge in [0.2, 0.25) is 0 Å². The lowest BCUT2D eigenvalue weighted by molar-refractivity contribution is 0.0253. The Morgan fingerprint density at radius 1 is 0.931 bits per heavy atom. The van der Waals surface area contributed by atoms with Gasteiger partial charge in [-0.2, -0.15) is 0 Å². The van der Waals surface area contributed by atoms with E-state index < -0.39 is 5.60 Å². The van der Waals surface area contributed by atoms with E-state index in [0.29, 0.717) is 6.54 Å². The predicted octanol–water partition coefficient (Wildman–Crippen LogP) is 5.83. The molecule has 0 aliphatic carbocycles. The van der Waals surface area contributed by atoms with Crippen LogP contribution in [0.1, 0.15) is 24.0 Å². The first-order chi connectivity index (χ1) is 14.1. The van der Waals surface area contributed by atoms with Crippen molar-refractivity contribution >= 4 is 31.5 Å². The van der Waals surface area contributed by atoms with Crippen LogP contribution < -0.4 is 0 Å². The van der Waals surface area contributed by atoms with Crippen LogP contribution in [0.2, 0.25) is 0 Å². The van der Waals surface area contributed by atoms with E-state index in [2.05, 4.69) is 59.6 Å². The van der Waals surface area contributed by atoms with Gasteiger partial charge in [-0.15, -0.1) is 11.3 Å². The predicted molar refractivity (Wildman–Crippen MR) is 120 cm³/mol. The third-order valence-electron chi connectivity index (χ3n) is 5.55. The first-order valence-electron chi connectivity index (χ1n) is 9.76. The summed E-state index contributed by atoms with van der Waals surface area (Å²) >= 11 is 1.81. The topological polar surface area (TPSA) is 38.0 Å². The lowest BCUT2D eigenvalue weighted by Gasteiger charge is -2.34. The molecular formula is C25H22N2OS. The Balaban J connectivity index is 1.67. The summed E-state index contributed by atoms with van der Waals surface area (Å²) in [5, 5.41) is 14.2. The Labute approximate surface area is 173 Å². The van der Waals surface area contributed by atoms with Crippen molar-refractivity contribution in [1.82, 2.24) is 9.55 Å². The van der Waals surface area contributed by atoms with Gasteiger partial charge in [0.25, 0.3) is 0 Å². The number of rotatable bonds is 5. The number of aliphatic hydroxyl groups is 1. The molecule has 0 aliphatic heterocycles. The van der Waals surface area contributed by atoms with Gasteiger partial charge in [0.1, 0.15) is 0 Å². The third-order valence-corrected chi connectivity index (χ3v) is 6.70. The Morgan fingerprint density at radius 3 is 2.48 bits per heavy atom. The van der Waals surface area contributed by atoms with Crippen LogP contribution in [-0.4, -0.2) is 20.3 Å². The molecule has 2 aromatic heterocycles. The average molecular weight is 399 g/mol. The molecular weight excluding hydrogens is 376 g/mol. The van der Waals surface area contributed by atoms with Crippen LogP contribution in [0, 0.1) is 0 Å². The molecule has 0 spiro atoms. The number of hydrogen-bond donors (Lipinski definition) is 1. The SMILES string of the molecule is CC(O)(Cn1ccnc1)C(c1ccccc1)c1ccc2sc3ccccc3c2c1. The second-order valence-corrected chi connectivity index (χ2v) is 8.87. The van der Waals surface area contributed by atoms with E-state index >= 15 is 0 Å². The number of imidazole rings is 1. The fourth-order valence-corrected chi connectivity index (χ4v) is 5.41. The van der Waals surface area contributed by atoms with Gasteiger partial charge in [-0.25, -0.2) is 4.98 Å². The fraction of sp³-hybridized carbons (Fsp3) is 0.160. The van der Waals surface area contributed by atoms with E-state index in [4.69, 9.17) is 0 Å².